The highest BCUT2D eigenvalue weighted by Gasteiger charge is 2.42. The third-order valence-electron chi connectivity index (χ3n) is 22.4. The standard InChI is InChI=1S/C23H27F3NO.C22H27N2O3.C22H34NO.C17H26NO.C16H24NO/c1-21(2,3)17-11-18(22(4,5)6)20-19(12-17)27(14-28-20)13-15-7-9-16(10-8-15)23(24,25)26;1-21(2,3)16-11-18(22(4,5)6)20-19(12-16)23(14-27-20)13-15-7-9-17(10-8-15)24(25)26;1-21(2,3)17-12-18(22(4,5)6)20-19(13-17)23(15-24-20)14-16-10-8-7-9-11-16;1-8-18-11-19-15-13(17(5,6)7)9-12(10-14(15)18)16(2,3)4;1-15(2,3)11-8-12(16(4,5)6)14-13(9-11)17(7)10-18-14/h7-13H,14H2,1-6H3;7-13H,14H2,1-6H3;12-14,16H,7-11,15H2,1-6H3;8-10H,11H2,1-7H3;8-9H,7,10H2,1-6H3/q5*+1/b27-13-;23-13-;23-14-;18-8-;. The van der Waals surface area contributed by atoms with Gasteiger partial charge in [0, 0.05) is 94.3 Å². The first-order valence-corrected chi connectivity index (χ1v) is 41.6. The van der Waals surface area contributed by atoms with Crippen LogP contribution in [0.5, 0.6) is 28.7 Å². The van der Waals surface area contributed by atoms with E-state index < -0.39 is 11.7 Å². The second-order valence-corrected chi connectivity index (χ2v) is 42.7. The molecule has 626 valence electrons. The third-order valence-corrected chi connectivity index (χ3v) is 22.4. The molecule has 13 nitrogen and oxygen atoms in total. The van der Waals surface area contributed by atoms with Crippen molar-refractivity contribution < 1.29 is 64.7 Å². The van der Waals surface area contributed by atoms with Crippen LogP contribution in [0.3, 0.4) is 0 Å². The Hall–Kier alpha value is -8.92. The molecule has 1 fully saturated rings. The average Bonchev–Trinajstić information content (AvgIpc) is 1.62. The maximum atomic E-state index is 12.8. The van der Waals surface area contributed by atoms with E-state index in [1.54, 1.807) is 12.1 Å². The zero-order valence-corrected chi connectivity index (χ0v) is 76.2. The van der Waals surface area contributed by atoms with Gasteiger partial charge >= 0.3 is 6.18 Å². The van der Waals surface area contributed by atoms with Gasteiger partial charge in [0.25, 0.3) is 67.8 Å². The van der Waals surface area contributed by atoms with Gasteiger partial charge in [0.2, 0.25) is 28.7 Å². The Bertz CT molecular complexity index is 4920. The van der Waals surface area contributed by atoms with Crippen LogP contribution in [0.4, 0.5) is 47.3 Å². The fourth-order valence-corrected chi connectivity index (χ4v) is 14.8. The summed E-state index contributed by atoms with van der Waals surface area (Å²) >= 11 is 0. The van der Waals surface area contributed by atoms with Crippen LogP contribution in [0.15, 0.2) is 109 Å². The zero-order valence-electron chi connectivity index (χ0n) is 76.2. The molecule has 0 amide bonds. The summed E-state index contributed by atoms with van der Waals surface area (Å²) in [6, 6.07) is 34.3. The molecule has 0 radical (unpaired) electrons. The number of nitro groups is 1. The van der Waals surface area contributed by atoms with E-state index in [1.165, 1.54) is 118 Å². The van der Waals surface area contributed by atoms with E-state index in [9.17, 15) is 23.3 Å². The Morgan fingerprint density at radius 2 is 0.621 bits per heavy atom. The van der Waals surface area contributed by atoms with Crippen molar-refractivity contribution in [3.05, 3.63) is 192 Å². The summed E-state index contributed by atoms with van der Waals surface area (Å²) in [5, 5.41) is 10.8. The fourth-order valence-electron chi connectivity index (χ4n) is 14.8. The number of fused-ring (bicyclic) bond motifs is 5. The molecule has 116 heavy (non-hydrogen) atoms. The molecule has 16 heteroatoms. The van der Waals surface area contributed by atoms with Gasteiger partial charge in [-0.1, -0.05) is 257 Å². The predicted molar refractivity (Wildman–Crippen MR) is 473 cm³/mol. The number of halogens is 3. The van der Waals surface area contributed by atoms with Gasteiger partial charge in [0.15, 0.2) is 18.6 Å². The summed E-state index contributed by atoms with van der Waals surface area (Å²) in [4.78, 5) is 10.5. The smallest absolute Gasteiger partial charge is 0.416 e. The summed E-state index contributed by atoms with van der Waals surface area (Å²) in [7, 11) is 0. The predicted octanol–water partition coefficient (Wildman–Crippen LogP) is 26.0. The van der Waals surface area contributed by atoms with Crippen molar-refractivity contribution in [2.24, 2.45) is 5.92 Å². The van der Waals surface area contributed by atoms with Crippen molar-refractivity contribution in [3.63, 3.8) is 0 Å². The number of non-ortho nitro benzene ring substituents is 1. The molecule has 5 heterocycles. The van der Waals surface area contributed by atoms with E-state index in [0.29, 0.717) is 45.1 Å². The maximum absolute atomic E-state index is 12.8. The van der Waals surface area contributed by atoms with Crippen LogP contribution in [0.2, 0.25) is 0 Å². The SMILES string of the molecule is C/C=[N+]1/COc2c1cc(C(C)(C)C)cc2C(C)(C)C.C=[N+]1COc2c1cc(C(C)(C)C)cc2C(C)(C)C.CC(C)(C)c1cc2c(c(C(C)(C)C)c1)OC/[N+]2=C/C1CCCCC1.CC(C)(C)c1cc2c(c(C(C)(C)C)c1)OC/[N+]2=C/c1ccc(C(F)(F)F)cc1.CC(C)(C)c1cc2c(c(C(C)(C)C)c1)OC/[N+]2=C/c1ccc([N+](=O)[O-])cc1. The van der Waals surface area contributed by atoms with Crippen LogP contribution in [-0.4, -0.2) is 93.0 Å². The highest BCUT2D eigenvalue weighted by Crippen LogP contribution is 2.51. The minimum Gasteiger partial charge on any atom is -0.429 e. The molecule has 0 aromatic heterocycles. The highest BCUT2D eigenvalue weighted by molar-refractivity contribution is 5.79. The Morgan fingerprint density at radius 1 is 0.353 bits per heavy atom. The summed E-state index contributed by atoms with van der Waals surface area (Å²) < 4.78 is 78.8. The number of benzene rings is 7. The molecule has 0 bridgehead atoms. The lowest BCUT2D eigenvalue weighted by Crippen LogP contribution is -2.17. The minimum atomic E-state index is -4.33. The van der Waals surface area contributed by atoms with E-state index >= 15 is 0 Å². The van der Waals surface area contributed by atoms with Crippen molar-refractivity contribution in [3.8, 4) is 28.7 Å². The Kier molecular flexibility index (Phi) is 26.3. The number of hydrogen-bond acceptors (Lipinski definition) is 7. The molecule has 6 aliphatic rings. The van der Waals surface area contributed by atoms with Crippen LogP contribution in [0, 0.1) is 16.0 Å². The number of nitro benzene ring substituents is 1. The zero-order chi connectivity index (χ0) is 86.6. The van der Waals surface area contributed by atoms with Gasteiger partial charge in [0.05, 0.1) is 10.5 Å². The van der Waals surface area contributed by atoms with Crippen LogP contribution >= 0.6 is 0 Å². The van der Waals surface area contributed by atoms with E-state index in [0.717, 1.165) is 69.1 Å². The van der Waals surface area contributed by atoms with Crippen molar-refractivity contribution in [2.75, 3.05) is 33.7 Å². The molecule has 7 aromatic carbocycles. The molecule has 13 rings (SSSR count). The van der Waals surface area contributed by atoms with E-state index in [-0.39, 0.29) is 64.8 Å². The minimum absolute atomic E-state index is 0.0245. The van der Waals surface area contributed by atoms with Crippen LogP contribution < -0.4 is 23.7 Å². The number of nitrogens with zero attached hydrogens (tertiary/aromatic N) is 6. The summed E-state index contributed by atoms with van der Waals surface area (Å²) in [5.74, 6) is 5.65. The topological polar surface area (TPSA) is 104 Å². The van der Waals surface area contributed by atoms with Gasteiger partial charge in [0.1, 0.15) is 12.9 Å². The van der Waals surface area contributed by atoms with Gasteiger partial charge in [-0.25, -0.2) is 0 Å². The molecule has 0 N–H and O–H groups in total. The van der Waals surface area contributed by atoms with Gasteiger partial charge in [-0.15, -0.1) is 0 Å². The van der Waals surface area contributed by atoms with Crippen molar-refractivity contribution in [1.29, 1.82) is 0 Å². The summed E-state index contributed by atoms with van der Waals surface area (Å²) in [6.07, 6.45) is 10.8. The molecule has 5 aliphatic heterocycles. The van der Waals surface area contributed by atoms with Gasteiger partial charge < -0.3 is 23.7 Å². The lowest BCUT2D eigenvalue weighted by Gasteiger charge is -2.25. The molecule has 1 aliphatic carbocycles. The molecular weight excluding hydrogens is 1450 g/mol. The van der Waals surface area contributed by atoms with Gasteiger partial charge in [-0.3, -0.25) is 10.1 Å². The molecule has 0 unspecified atom stereocenters. The van der Waals surface area contributed by atoms with Gasteiger partial charge in [-0.2, -0.15) is 36.0 Å². The Balaban J connectivity index is 0.000000167. The van der Waals surface area contributed by atoms with Crippen molar-refractivity contribution in [1.82, 2.24) is 0 Å². The second kappa shape index (κ2) is 33.5. The van der Waals surface area contributed by atoms with Crippen LogP contribution in [-0.2, 0) is 60.3 Å². The first kappa shape index (κ1) is 91.0. The summed E-state index contributed by atoms with van der Waals surface area (Å²) in [5.41, 5.74) is 20.0. The number of alkyl halides is 3. The lowest BCUT2D eigenvalue weighted by molar-refractivity contribution is -0.455. The average molecular weight is 1590 g/mol. The number of rotatable bonds is 4. The van der Waals surface area contributed by atoms with E-state index in [2.05, 4.69) is 308 Å². The summed E-state index contributed by atoms with van der Waals surface area (Å²) in [6.45, 7) is 75.6. The monoisotopic (exact) mass is 1590 g/mol. The Morgan fingerprint density at radius 3 is 0.914 bits per heavy atom. The first-order valence-electron chi connectivity index (χ1n) is 41.6. The molecule has 1 saturated carbocycles. The van der Waals surface area contributed by atoms with E-state index in [4.69, 9.17) is 23.7 Å². The molecule has 7 aromatic rings. The van der Waals surface area contributed by atoms with Crippen molar-refractivity contribution >= 4 is 65.7 Å². The molecular formula is C100H138F3N6O7+5. The van der Waals surface area contributed by atoms with Crippen molar-refractivity contribution in [2.45, 2.75) is 307 Å². The third kappa shape index (κ3) is 21.9. The molecule has 0 saturated heterocycles. The largest absolute Gasteiger partial charge is 0.429 e. The highest BCUT2D eigenvalue weighted by atomic mass is 19.4. The first-order chi connectivity index (χ1) is 53.1. The quantitative estimate of drug-likeness (QED) is 0.0982. The fraction of sp³-hybridized carbons (Fsp3) is 0.530. The lowest BCUT2D eigenvalue weighted by atomic mass is 9.79. The van der Waals surface area contributed by atoms with Gasteiger partial charge in [-0.05, 0) is 131 Å². The Labute approximate surface area is 693 Å². The van der Waals surface area contributed by atoms with Crippen LogP contribution in [0.1, 0.15) is 319 Å². The molecule has 0 spiro atoms. The van der Waals surface area contributed by atoms with Crippen LogP contribution in [0.25, 0.3) is 0 Å². The normalized spacial score (nSPS) is 17.2. The van der Waals surface area contributed by atoms with E-state index in [1.807, 2.05) is 21.6 Å². The maximum Gasteiger partial charge on any atom is 0.416 e. The second-order valence-electron chi connectivity index (χ2n) is 42.7. The number of hydrogen-bond donors (Lipinski definition) is 0. The molecule has 0 atom stereocenters. The number of ether oxygens (including phenoxy) is 5.